The predicted octanol–water partition coefficient (Wildman–Crippen LogP) is 2.99. The summed E-state index contributed by atoms with van der Waals surface area (Å²) in [6.45, 7) is 2.15. The molecule has 3 rings (SSSR count). The van der Waals surface area contributed by atoms with E-state index in [9.17, 15) is 0 Å². The number of hydrogen-bond acceptors (Lipinski definition) is 2. The lowest BCUT2D eigenvalue weighted by molar-refractivity contribution is 0.439. The second-order valence-corrected chi connectivity index (χ2v) is 5.12. The van der Waals surface area contributed by atoms with E-state index < -0.39 is 0 Å². The highest BCUT2D eigenvalue weighted by Crippen LogP contribution is 2.45. The maximum atomic E-state index is 4.19. The van der Waals surface area contributed by atoms with E-state index in [-0.39, 0.29) is 0 Å². The van der Waals surface area contributed by atoms with Crippen LogP contribution in [0.2, 0.25) is 0 Å². The molecule has 15 heavy (non-hydrogen) atoms. The van der Waals surface area contributed by atoms with Crippen LogP contribution < -0.4 is 5.32 Å². The van der Waals surface area contributed by atoms with Gasteiger partial charge in [0.1, 0.15) is 0 Å². The van der Waals surface area contributed by atoms with E-state index >= 15 is 0 Å². The van der Waals surface area contributed by atoms with Gasteiger partial charge in [0, 0.05) is 12.2 Å². The average Bonchev–Trinajstić information content (AvgIpc) is 2.83. The lowest BCUT2D eigenvalue weighted by Gasteiger charge is -2.24. The van der Waals surface area contributed by atoms with Gasteiger partial charge in [0.25, 0.3) is 0 Å². The van der Waals surface area contributed by atoms with E-state index in [1.807, 2.05) is 12.4 Å². The number of pyridine rings is 1. The quantitative estimate of drug-likeness (QED) is 0.797. The van der Waals surface area contributed by atoms with E-state index in [4.69, 9.17) is 0 Å². The van der Waals surface area contributed by atoms with Crippen LogP contribution in [0.4, 0.5) is 5.69 Å². The lowest BCUT2D eigenvalue weighted by atomic mass is 9.95. The standard InChI is InChI=1S/C13H18N2/c1-9-4-5-14-8-13(9)15-12-7-10-2-3-11(12)6-10/h4-5,8,10-12,15H,2-3,6-7H2,1H3/t10-,11-,12+/m0/s1. The molecule has 2 bridgehead atoms. The van der Waals surface area contributed by atoms with Crippen LogP contribution in [0.5, 0.6) is 0 Å². The van der Waals surface area contributed by atoms with Crippen molar-refractivity contribution in [2.24, 2.45) is 11.8 Å². The second-order valence-electron chi connectivity index (χ2n) is 5.12. The Morgan fingerprint density at radius 2 is 2.27 bits per heavy atom. The molecule has 2 nitrogen and oxygen atoms in total. The summed E-state index contributed by atoms with van der Waals surface area (Å²) in [6.07, 6.45) is 9.55. The molecule has 80 valence electrons. The Hall–Kier alpha value is -1.05. The van der Waals surface area contributed by atoms with Crippen LogP contribution in [0.25, 0.3) is 0 Å². The SMILES string of the molecule is Cc1ccncc1N[C@@H]1C[C@H]2CC[C@H]1C2. The van der Waals surface area contributed by atoms with E-state index in [0.717, 1.165) is 11.8 Å². The molecule has 1 heterocycles. The highest BCUT2D eigenvalue weighted by molar-refractivity contribution is 5.49. The van der Waals surface area contributed by atoms with E-state index in [1.165, 1.54) is 36.9 Å². The van der Waals surface area contributed by atoms with E-state index in [0.29, 0.717) is 6.04 Å². The van der Waals surface area contributed by atoms with Gasteiger partial charge in [-0.3, -0.25) is 4.98 Å². The van der Waals surface area contributed by atoms with Crippen LogP contribution in [0.15, 0.2) is 18.5 Å². The first-order chi connectivity index (χ1) is 7.33. The summed E-state index contributed by atoms with van der Waals surface area (Å²) in [7, 11) is 0. The van der Waals surface area contributed by atoms with Crippen molar-refractivity contribution in [3.63, 3.8) is 0 Å². The normalized spacial score (nSPS) is 33.3. The summed E-state index contributed by atoms with van der Waals surface area (Å²) in [5.41, 5.74) is 2.54. The van der Waals surface area contributed by atoms with E-state index in [2.05, 4.69) is 23.3 Å². The van der Waals surface area contributed by atoms with Gasteiger partial charge in [0.15, 0.2) is 0 Å². The highest BCUT2D eigenvalue weighted by Gasteiger charge is 2.39. The van der Waals surface area contributed by atoms with Crippen molar-refractivity contribution in [2.75, 3.05) is 5.32 Å². The van der Waals surface area contributed by atoms with E-state index in [1.54, 1.807) is 0 Å². The van der Waals surface area contributed by atoms with Gasteiger partial charge in [0.2, 0.25) is 0 Å². The van der Waals surface area contributed by atoms with Gasteiger partial charge in [-0.05, 0) is 49.7 Å². The molecule has 2 heteroatoms. The average molecular weight is 202 g/mol. The van der Waals surface area contributed by atoms with Crippen LogP contribution >= 0.6 is 0 Å². The highest BCUT2D eigenvalue weighted by atomic mass is 15.0. The van der Waals surface area contributed by atoms with Crippen molar-refractivity contribution in [2.45, 2.75) is 38.6 Å². The predicted molar refractivity (Wildman–Crippen MR) is 61.8 cm³/mol. The van der Waals surface area contributed by atoms with Gasteiger partial charge in [0.05, 0.1) is 11.9 Å². The zero-order valence-corrected chi connectivity index (χ0v) is 9.24. The molecule has 0 radical (unpaired) electrons. The molecule has 2 aliphatic rings. The molecule has 1 N–H and O–H groups in total. The minimum absolute atomic E-state index is 0.714. The molecule has 0 unspecified atom stereocenters. The number of anilines is 1. The summed E-state index contributed by atoms with van der Waals surface area (Å²) >= 11 is 0. The molecule has 1 aromatic heterocycles. The fourth-order valence-corrected chi connectivity index (χ4v) is 3.24. The third-order valence-corrected chi connectivity index (χ3v) is 4.12. The van der Waals surface area contributed by atoms with Crippen LogP contribution in [0.3, 0.4) is 0 Å². The zero-order valence-electron chi connectivity index (χ0n) is 9.24. The summed E-state index contributed by atoms with van der Waals surface area (Å²) < 4.78 is 0. The van der Waals surface area contributed by atoms with Gasteiger partial charge < -0.3 is 5.32 Å². The van der Waals surface area contributed by atoms with Crippen LogP contribution in [0.1, 0.15) is 31.2 Å². The topological polar surface area (TPSA) is 24.9 Å². The Kier molecular flexibility index (Phi) is 2.15. The third kappa shape index (κ3) is 1.62. The lowest BCUT2D eigenvalue weighted by Crippen LogP contribution is -2.26. The minimum atomic E-state index is 0.714. The first kappa shape index (κ1) is 9.20. The molecule has 2 aliphatic carbocycles. The number of nitrogens with one attached hydrogen (secondary N) is 1. The number of aryl methyl sites for hydroxylation is 1. The Labute approximate surface area is 91.1 Å². The Morgan fingerprint density at radius 3 is 2.93 bits per heavy atom. The number of nitrogens with zero attached hydrogens (tertiary/aromatic N) is 1. The number of rotatable bonds is 2. The van der Waals surface area contributed by atoms with Crippen molar-refractivity contribution in [3.8, 4) is 0 Å². The van der Waals surface area contributed by atoms with Crippen molar-refractivity contribution < 1.29 is 0 Å². The van der Waals surface area contributed by atoms with Gasteiger partial charge in [-0.15, -0.1) is 0 Å². The summed E-state index contributed by atoms with van der Waals surface area (Å²) in [5.74, 6) is 1.93. The van der Waals surface area contributed by atoms with Gasteiger partial charge in [-0.25, -0.2) is 0 Å². The Bertz CT molecular complexity index is 361. The summed E-state index contributed by atoms with van der Waals surface area (Å²) in [4.78, 5) is 4.19. The van der Waals surface area contributed by atoms with Crippen molar-refractivity contribution in [1.82, 2.24) is 4.98 Å². The number of aromatic nitrogens is 1. The molecule has 0 amide bonds. The molecule has 2 saturated carbocycles. The number of fused-ring (bicyclic) bond motifs is 2. The van der Waals surface area contributed by atoms with Crippen LogP contribution in [-0.2, 0) is 0 Å². The first-order valence-corrected chi connectivity index (χ1v) is 6.00. The second kappa shape index (κ2) is 3.51. The molecule has 0 spiro atoms. The smallest absolute Gasteiger partial charge is 0.0558 e. The third-order valence-electron chi connectivity index (χ3n) is 4.12. The molecule has 0 aliphatic heterocycles. The largest absolute Gasteiger partial charge is 0.381 e. The molecule has 1 aromatic rings. The van der Waals surface area contributed by atoms with Crippen molar-refractivity contribution >= 4 is 5.69 Å². The molecule has 0 aromatic carbocycles. The molecular weight excluding hydrogens is 184 g/mol. The monoisotopic (exact) mass is 202 g/mol. The zero-order chi connectivity index (χ0) is 10.3. The molecular formula is C13H18N2. The fraction of sp³-hybridized carbons (Fsp3) is 0.615. The number of hydrogen-bond donors (Lipinski definition) is 1. The van der Waals surface area contributed by atoms with Gasteiger partial charge in [-0.1, -0.05) is 6.42 Å². The van der Waals surface area contributed by atoms with Crippen LogP contribution in [-0.4, -0.2) is 11.0 Å². The minimum Gasteiger partial charge on any atom is -0.381 e. The summed E-state index contributed by atoms with van der Waals surface area (Å²) in [6, 6.07) is 2.79. The Morgan fingerprint density at radius 1 is 1.33 bits per heavy atom. The van der Waals surface area contributed by atoms with Gasteiger partial charge >= 0.3 is 0 Å². The fourth-order valence-electron chi connectivity index (χ4n) is 3.24. The molecule has 0 saturated heterocycles. The maximum Gasteiger partial charge on any atom is 0.0558 e. The first-order valence-electron chi connectivity index (χ1n) is 6.00. The van der Waals surface area contributed by atoms with Crippen LogP contribution in [0, 0.1) is 18.8 Å². The summed E-state index contributed by atoms with van der Waals surface area (Å²) in [5, 5.41) is 3.68. The molecule has 3 atom stereocenters. The maximum absolute atomic E-state index is 4.19. The van der Waals surface area contributed by atoms with Crippen molar-refractivity contribution in [3.05, 3.63) is 24.0 Å². The Balaban J connectivity index is 1.73. The molecule has 2 fully saturated rings. The van der Waals surface area contributed by atoms with Gasteiger partial charge in [-0.2, -0.15) is 0 Å². The van der Waals surface area contributed by atoms with Crippen molar-refractivity contribution in [1.29, 1.82) is 0 Å².